The topological polar surface area (TPSA) is 72.6 Å². The molecule has 0 radical (unpaired) electrons. The Morgan fingerprint density at radius 1 is 1.32 bits per heavy atom. The lowest BCUT2D eigenvalue weighted by Crippen LogP contribution is -2.74. The lowest BCUT2D eigenvalue weighted by atomic mass is 9.54. The average Bonchev–Trinajstić information content (AvgIpc) is 2.32. The molecule has 1 heterocycles. The van der Waals surface area contributed by atoms with Gasteiger partial charge in [-0.1, -0.05) is 13.8 Å². The zero-order valence-electron chi connectivity index (χ0n) is 12.2. The highest BCUT2D eigenvalue weighted by atomic mass is 32.2. The average molecular weight is 290 g/mol. The van der Waals surface area contributed by atoms with E-state index in [1.54, 1.807) is 0 Å². The van der Waals surface area contributed by atoms with Gasteiger partial charge in [0.2, 0.25) is 0 Å². The van der Waals surface area contributed by atoms with Crippen LogP contribution in [0.1, 0.15) is 27.2 Å². The van der Waals surface area contributed by atoms with Crippen molar-refractivity contribution in [2.24, 2.45) is 11.1 Å². The van der Waals surface area contributed by atoms with E-state index in [1.807, 2.05) is 6.92 Å². The molecule has 0 spiro atoms. The van der Waals surface area contributed by atoms with Crippen molar-refractivity contribution in [2.45, 2.75) is 38.8 Å². The zero-order valence-corrected chi connectivity index (χ0v) is 13.0. The lowest BCUT2D eigenvalue weighted by molar-refractivity contribution is -0.156. The van der Waals surface area contributed by atoms with Crippen molar-refractivity contribution in [3.05, 3.63) is 0 Å². The Labute approximate surface area is 116 Å². The fraction of sp³-hybridized carbons (Fsp3) is 1.00. The summed E-state index contributed by atoms with van der Waals surface area (Å²) in [6.45, 7) is 9.00. The Balaban J connectivity index is 1.93. The minimum atomic E-state index is -2.82. The zero-order chi connectivity index (χ0) is 14.3. The second-order valence-electron chi connectivity index (χ2n) is 6.45. The first kappa shape index (κ1) is 15.2. The van der Waals surface area contributed by atoms with Crippen molar-refractivity contribution in [1.29, 1.82) is 0 Å². The molecule has 2 rings (SSSR count). The third-order valence-corrected chi connectivity index (χ3v) is 6.56. The predicted octanol–water partition coefficient (Wildman–Crippen LogP) is 0.249. The molecule has 0 aromatic carbocycles. The van der Waals surface area contributed by atoms with E-state index >= 15 is 0 Å². The molecule has 0 bridgehead atoms. The van der Waals surface area contributed by atoms with E-state index in [0.717, 1.165) is 13.0 Å². The van der Waals surface area contributed by atoms with Crippen LogP contribution >= 0.6 is 0 Å². The third kappa shape index (κ3) is 2.82. The van der Waals surface area contributed by atoms with Gasteiger partial charge in [0.1, 0.15) is 0 Å². The van der Waals surface area contributed by atoms with Gasteiger partial charge in [0.25, 0.3) is 0 Å². The molecule has 2 unspecified atom stereocenters. The van der Waals surface area contributed by atoms with E-state index in [-0.39, 0.29) is 28.6 Å². The van der Waals surface area contributed by atoms with Crippen molar-refractivity contribution in [3.63, 3.8) is 0 Å². The summed E-state index contributed by atoms with van der Waals surface area (Å²) in [6, 6.07) is 0. The molecule has 2 aliphatic rings. The van der Waals surface area contributed by atoms with Crippen LogP contribution in [0.5, 0.6) is 0 Å². The molecule has 1 saturated carbocycles. The normalized spacial score (nSPS) is 37.8. The predicted molar refractivity (Wildman–Crippen MR) is 75.8 cm³/mol. The third-order valence-electron chi connectivity index (χ3n) is 4.95. The monoisotopic (exact) mass is 290 g/mol. The van der Waals surface area contributed by atoms with Crippen molar-refractivity contribution >= 4 is 9.84 Å². The second-order valence-corrected chi connectivity index (χ2v) is 8.76. The molecule has 112 valence electrons. The van der Waals surface area contributed by atoms with Crippen LogP contribution in [-0.4, -0.2) is 62.7 Å². The maximum Gasteiger partial charge on any atom is 0.152 e. The summed E-state index contributed by atoms with van der Waals surface area (Å²) < 4.78 is 28.6. The molecule has 2 N–H and O–H groups in total. The fourth-order valence-electron chi connectivity index (χ4n) is 3.08. The highest BCUT2D eigenvalue weighted by Crippen LogP contribution is 2.50. The van der Waals surface area contributed by atoms with Gasteiger partial charge >= 0.3 is 0 Å². The molecular formula is C13H26N2O3S. The largest absolute Gasteiger partial charge is 0.378 e. The van der Waals surface area contributed by atoms with Gasteiger partial charge in [0, 0.05) is 37.2 Å². The Morgan fingerprint density at radius 2 is 1.89 bits per heavy atom. The summed E-state index contributed by atoms with van der Waals surface area (Å²) in [6.07, 6.45) is 1.08. The molecule has 1 aliphatic heterocycles. The molecule has 1 saturated heterocycles. The Bertz CT molecular complexity index is 421. The van der Waals surface area contributed by atoms with Gasteiger partial charge in [-0.25, -0.2) is 8.42 Å². The maximum absolute atomic E-state index is 11.4. The SMILES string of the molecule is CCOC1CC(N)(CN2CCS(=O)(=O)CC2)C1(C)C. The second kappa shape index (κ2) is 4.98. The van der Waals surface area contributed by atoms with Crippen LogP contribution in [0, 0.1) is 5.41 Å². The van der Waals surface area contributed by atoms with Crippen molar-refractivity contribution in [3.8, 4) is 0 Å². The van der Waals surface area contributed by atoms with E-state index in [2.05, 4.69) is 18.7 Å². The first-order valence-electron chi connectivity index (χ1n) is 7.03. The van der Waals surface area contributed by atoms with Crippen LogP contribution in [0.3, 0.4) is 0 Å². The van der Waals surface area contributed by atoms with E-state index in [9.17, 15) is 8.42 Å². The highest BCUT2D eigenvalue weighted by molar-refractivity contribution is 7.91. The standard InChI is InChI=1S/C13H26N2O3S/c1-4-18-11-9-13(14,12(11,2)3)10-15-5-7-19(16,17)8-6-15/h11H,4-10,14H2,1-3H3. The molecular weight excluding hydrogens is 264 g/mol. The molecule has 1 aliphatic carbocycles. The molecule has 0 amide bonds. The number of nitrogens with zero attached hydrogens (tertiary/aromatic N) is 1. The molecule has 2 fully saturated rings. The number of hydrogen-bond donors (Lipinski definition) is 1. The minimum absolute atomic E-state index is 0.0562. The van der Waals surface area contributed by atoms with Crippen molar-refractivity contribution in [2.75, 3.05) is 37.7 Å². The van der Waals surface area contributed by atoms with Gasteiger partial charge < -0.3 is 10.5 Å². The van der Waals surface area contributed by atoms with Gasteiger partial charge in [0.05, 0.1) is 17.6 Å². The minimum Gasteiger partial charge on any atom is -0.378 e. The van der Waals surface area contributed by atoms with Crippen LogP contribution in [0.2, 0.25) is 0 Å². The van der Waals surface area contributed by atoms with E-state index in [1.165, 1.54) is 0 Å². The van der Waals surface area contributed by atoms with Gasteiger partial charge in [0.15, 0.2) is 9.84 Å². The summed E-state index contributed by atoms with van der Waals surface area (Å²) >= 11 is 0. The lowest BCUT2D eigenvalue weighted by Gasteiger charge is -2.60. The van der Waals surface area contributed by atoms with Crippen LogP contribution < -0.4 is 5.73 Å². The Morgan fingerprint density at radius 3 is 2.37 bits per heavy atom. The number of ether oxygens (including phenoxy) is 1. The smallest absolute Gasteiger partial charge is 0.152 e. The molecule has 0 aromatic heterocycles. The quantitative estimate of drug-likeness (QED) is 0.803. The van der Waals surface area contributed by atoms with Gasteiger partial charge in [-0.15, -0.1) is 0 Å². The van der Waals surface area contributed by atoms with Gasteiger partial charge in [-0.05, 0) is 13.3 Å². The summed E-state index contributed by atoms with van der Waals surface area (Å²) in [4.78, 5) is 2.19. The van der Waals surface area contributed by atoms with Gasteiger partial charge in [-0.3, -0.25) is 4.90 Å². The summed E-state index contributed by atoms with van der Waals surface area (Å²) in [5.74, 6) is 0.525. The Hall–Kier alpha value is -0.170. The molecule has 0 aromatic rings. The molecule has 2 atom stereocenters. The van der Waals surface area contributed by atoms with E-state index < -0.39 is 9.84 Å². The van der Waals surface area contributed by atoms with Crippen LogP contribution in [-0.2, 0) is 14.6 Å². The van der Waals surface area contributed by atoms with Crippen LogP contribution in [0.25, 0.3) is 0 Å². The molecule has 5 nitrogen and oxygen atoms in total. The first-order chi connectivity index (χ1) is 8.70. The van der Waals surface area contributed by atoms with Gasteiger partial charge in [-0.2, -0.15) is 0 Å². The van der Waals surface area contributed by atoms with E-state index in [0.29, 0.717) is 19.7 Å². The van der Waals surface area contributed by atoms with E-state index in [4.69, 9.17) is 10.5 Å². The highest BCUT2D eigenvalue weighted by Gasteiger charge is 2.58. The number of sulfone groups is 1. The van der Waals surface area contributed by atoms with Crippen molar-refractivity contribution < 1.29 is 13.2 Å². The van der Waals surface area contributed by atoms with Crippen molar-refractivity contribution in [1.82, 2.24) is 4.90 Å². The fourth-order valence-corrected chi connectivity index (χ4v) is 4.36. The Kier molecular flexibility index (Phi) is 3.99. The van der Waals surface area contributed by atoms with Crippen LogP contribution in [0.4, 0.5) is 0 Å². The summed E-state index contributed by atoms with van der Waals surface area (Å²) in [5.41, 5.74) is 6.20. The summed E-state index contributed by atoms with van der Waals surface area (Å²) in [7, 11) is -2.82. The number of rotatable bonds is 4. The maximum atomic E-state index is 11.4. The van der Waals surface area contributed by atoms with Crippen LogP contribution in [0.15, 0.2) is 0 Å². The molecule has 19 heavy (non-hydrogen) atoms. The number of hydrogen-bond acceptors (Lipinski definition) is 5. The first-order valence-corrected chi connectivity index (χ1v) is 8.85. The summed E-state index contributed by atoms with van der Waals surface area (Å²) in [5, 5.41) is 0. The number of nitrogens with two attached hydrogens (primary N) is 1. The molecule has 6 heteroatoms.